The van der Waals surface area contributed by atoms with E-state index in [0.717, 1.165) is 28.8 Å². The molecule has 2 heterocycles. The fourth-order valence-electron chi connectivity index (χ4n) is 4.34. The zero-order valence-corrected chi connectivity index (χ0v) is 18.8. The minimum absolute atomic E-state index is 0.0314. The first kappa shape index (κ1) is 22.0. The SMILES string of the molecule is Cc1ccccc1C(CC(=O)C1=CN(C)CC=C1)c1ccc(C(=O)N2CCOCC2)cc1. The molecular formula is C27H30N2O3. The Morgan fingerprint density at radius 3 is 2.44 bits per heavy atom. The normalized spacial score (nSPS) is 17.1. The van der Waals surface area contributed by atoms with Gasteiger partial charge < -0.3 is 14.5 Å². The second-order valence-electron chi connectivity index (χ2n) is 8.49. The van der Waals surface area contributed by atoms with E-state index in [2.05, 4.69) is 19.1 Å². The van der Waals surface area contributed by atoms with Gasteiger partial charge in [0.2, 0.25) is 0 Å². The minimum Gasteiger partial charge on any atom is -0.378 e. The van der Waals surface area contributed by atoms with Crippen LogP contribution in [-0.4, -0.2) is 61.4 Å². The molecule has 0 aromatic heterocycles. The highest BCUT2D eigenvalue weighted by Crippen LogP contribution is 2.32. The van der Waals surface area contributed by atoms with Gasteiger partial charge in [-0.1, -0.05) is 48.6 Å². The standard InChI is InChI=1S/C27H30N2O3/c1-20-6-3-4-8-24(20)25(18-26(30)23-7-5-13-28(2)19-23)21-9-11-22(12-10-21)27(31)29-14-16-32-17-15-29/h3-12,19,25H,13-18H2,1-2H3. The lowest BCUT2D eigenvalue weighted by atomic mass is 9.83. The summed E-state index contributed by atoms with van der Waals surface area (Å²) in [4.78, 5) is 29.8. The molecule has 2 aliphatic rings. The average Bonchev–Trinajstić information content (AvgIpc) is 2.83. The molecule has 0 radical (unpaired) electrons. The van der Waals surface area contributed by atoms with Gasteiger partial charge in [0, 0.05) is 56.4 Å². The van der Waals surface area contributed by atoms with Gasteiger partial charge in [-0.3, -0.25) is 9.59 Å². The van der Waals surface area contributed by atoms with Crippen molar-refractivity contribution in [1.82, 2.24) is 9.80 Å². The average molecular weight is 431 g/mol. The first-order chi connectivity index (χ1) is 15.5. The number of hydrogen-bond acceptors (Lipinski definition) is 4. The molecule has 0 spiro atoms. The van der Waals surface area contributed by atoms with Crippen molar-refractivity contribution < 1.29 is 14.3 Å². The summed E-state index contributed by atoms with van der Waals surface area (Å²) in [5.74, 6) is 0.0798. The Kier molecular flexibility index (Phi) is 6.86. The number of nitrogens with zero attached hydrogens (tertiary/aromatic N) is 2. The van der Waals surface area contributed by atoms with Crippen molar-refractivity contribution in [1.29, 1.82) is 0 Å². The van der Waals surface area contributed by atoms with Crippen molar-refractivity contribution in [3.05, 3.63) is 94.7 Å². The molecule has 1 unspecified atom stereocenters. The van der Waals surface area contributed by atoms with Gasteiger partial charge in [0.1, 0.15) is 0 Å². The van der Waals surface area contributed by atoms with Crippen LogP contribution in [0.2, 0.25) is 0 Å². The number of Topliss-reactive ketones (excluding diaryl/α,β-unsaturated/α-hetero) is 1. The Hall–Kier alpha value is -3.18. The highest BCUT2D eigenvalue weighted by atomic mass is 16.5. The predicted octanol–water partition coefficient (Wildman–Crippen LogP) is 3.94. The van der Waals surface area contributed by atoms with Crippen LogP contribution in [0.1, 0.15) is 39.4 Å². The van der Waals surface area contributed by atoms with Gasteiger partial charge in [0.15, 0.2) is 5.78 Å². The highest BCUT2D eigenvalue weighted by Gasteiger charge is 2.23. The summed E-state index contributed by atoms with van der Waals surface area (Å²) >= 11 is 0. The van der Waals surface area contributed by atoms with Gasteiger partial charge in [-0.2, -0.15) is 0 Å². The number of carbonyl (C=O) groups excluding carboxylic acids is 2. The fourth-order valence-corrected chi connectivity index (χ4v) is 4.34. The topological polar surface area (TPSA) is 49.9 Å². The van der Waals surface area contributed by atoms with Crippen LogP contribution in [-0.2, 0) is 9.53 Å². The molecule has 0 saturated carbocycles. The lowest BCUT2D eigenvalue weighted by molar-refractivity contribution is -0.115. The summed E-state index contributed by atoms with van der Waals surface area (Å²) in [7, 11) is 1.97. The number of rotatable bonds is 6. The van der Waals surface area contributed by atoms with E-state index in [1.165, 1.54) is 0 Å². The van der Waals surface area contributed by atoms with Crippen molar-refractivity contribution in [2.24, 2.45) is 0 Å². The smallest absolute Gasteiger partial charge is 0.254 e. The maximum atomic E-state index is 13.2. The molecule has 2 aromatic carbocycles. The maximum absolute atomic E-state index is 13.2. The number of ether oxygens (including phenoxy) is 1. The van der Waals surface area contributed by atoms with Crippen LogP contribution in [0.25, 0.3) is 0 Å². The minimum atomic E-state index is -0.0715. The molecule has 32 heavy (non-hydrogen) atoms. The Balaban J connectivity index is 1.60. The van der Waals surface area contributed by atoms with Gasteiger partial charge in [-0.15, -0.1) is 0 Å². The van der Waals surface area contributed by atoms with Gasteiger partial charge in [-0.25, -0.2) is 0 Å². The van der Waals surface area contributed by atoms with Crippen LogP contribution in [0, 0.1) is 6.92 Å². The molecule has 0 aliphatic carbocycles. The van der Waals surface area contributed by atoms with Crippen molar-refractivity contribution in [2.45, 2.75) is 19.3 Å². The Labute approximate surface area is 190 Å². The summed E-state index contributed by atoms with van der Waals surface area (Å²) in [5.41, 5.74) is 4.74. The molecule has 1 fully saturated rings. The number of hydrogen-bond donors (Lipinski definition) is 0. The van der Waals surface area contributed by atoms with Crippen molar-refractivity contribution in [3.8, 4) is 0 Å². The van der Waals surface area contributed by atoms with Crippen LogP contribution < -0.4 is 0 Å². The number of ketones is 1. The van der Waals surface area contributed by atoms with E-state index in [1.807, 2.05) is 71.6 Å². The Bertz CT molecular complexity index is 1030. The summed E-state index contributed by atoms with van der Waals surface area (Å²) in [6, 6.07) is 16.0. The van der Waals surface area contributed by atoms with Crippen LogP contribution in [0.5, 0.6) is 0 Å². The monoisotopic (exact) mass is 430 g/mol. The molecule has 2 aliphatic heterocycles. The summed E-state index contributed by atoms with van der Waals surface area (Å²) < 4.78 is 5.35. The Morgan fingerprint density at radius 2 is 1.75 bits per heavy atom. The second-order valence-corrected chi connectivity index (χ2v) is 8.49. The number of carbonyl (C=O) groups is 2. The van der Waals surface area contributed by atoms with Crippen LogP contribution in [0.15, 0.2) is 72.5 Å². The second kappa shape index (κ2) is 9.96. The third-order valence-corrected chi connectivity index (χ3v) is 6.18. The fraction of sp³-hybridized carbons (Fsp3) is 0.333. The van der Waals surface area contributed by atoms with Crippen molar-refractivity contribution in [2.75, 3.05) is 39.9 Å². The first-order valence-electron chi connectivity index (χ1n) is 11.2. The molecule has 1 atom stereocenters. The van der Waals surface area contributed by atoms with E-state index in [-0.39, 0.29) is 17.6 Å². The number of morpholine rings is 1. The molecule has 166 valence electrons. The number of likely N-dealkylation sites (N-methyl/N-ethyl adjacent to an activating group) is 1. The van der Waals surface area contributed by atoms with E-state index < -0.39 is 0 Å². The lowest BCUT2D eigenvalue weighted by Crippen LogP contribution is -2.40. The van der Waals surface area contributed by atoms with Crippen LogP contribution in [0.3, 0.4) is 0 Å². The van der Waals surface area contributed by atoms with E-state index >= 15 is 0 Å². The Morgan fingerprint density at radius 1 is 1.03 bits per heavy atom. The van der Waals surface area contributed by atoms with Crippen LogP contribution in [0.4, 0.5) is 0 Å². The largest absolute Gasteiger partial charge is 0.378 e. The predicted molar refractivity (Wildman–Crippen MR) is 126 cm³/mol. The number of allylic oxidation sites excluding steroid dienone is 2. The van der Waals surface area contributed by atoms with Gasteiger partial charge in [-0.05, 0) is 35.7 Å². The summed E-state index contributed by atoms with van der Waals surface area (Å²) in [6.45, 7) is 5.31. The zero-order chi connectivity index (χ0) is 22.5. The van der Waals surface area contributed by atoms with Crippen molar-refractivity contribution in [3.63, 3.8) is 0 Å². The van der Waals surface area contributed by atoms with E-state index in [0.29, 0.717) is 38.3 Å². The van der Waals surface area contributed by atoms with Crippen LogP contribution >= 0.6 is 0 Å². The lowest BCUT2D eigenvalue weighted by Gasteiger charge is -2.27. The van der Waals surface area contributed by atoms with Gasteiger partial charge >= 0.3 is 0 Å². The molecule has 5 nitrogen and oxygen atoms in total. The molecule has 0 bridgehead atoms. The van der Waals surface area contributed by atoms with Gasteiger partial charge in [0.25, 0.3) is 5.91 Å². The molecular weight excluding hydrogens is 400 g/mol. The van der Waals surface area contributed by atoms with Gasteiger partial charge in [0.05, 0.1) is 13.2 Å². The molecule has 2 aromatic rings. The summed E-state index contributed by atoms with van der Waals surface area (Å²) in [6.07, 6.45) is 6.23. The number of amides is 1. The summed E-state index contributed by atoms with van der Waals surface area (Å²) in [5, 5.41) is 0. The van der Waals surface area contributed by atoms with E-state index in [4.69, 9.17) is 4.74 Å². The van der Waals surface area contributed by atoms with Crippen molar-refractivity contribution >= 4 is 11.7 Å². The quantitative estimate of drug-likeness (QED) is 0.697. The maximum Gasteiger partial charge on any atom is 0.254 e. The highest BCUT2D eigenvalue weighted by molar-refractivity contribution is 5.99. The third kappa shape index (κ3) is 5.00. The molecule has 1 saturated heterocycles. The molecule has 4 rings (SSSR count). The molecule has 5 heteroatoms. The molecule has 0 N–H and O–H groups in total. The number of benzene rings is 2. The third-order valence-electron chi connectivity index (χ3n) is 6.18. The van der Waals surface area contributed by atoms with E-state index in [9.17, 15) is 9.59 Å². The zero-order valence-electron chi connectivity index (χ0n) is 18.8. The first-order valence-corrected chi connectivity index (χ1v) is 11.2. The number of aryl methyl sites for hydroxylation is 1. The van der Waals surface area contributed by atoms with E-state index in [1.54, 1.807) is 0 Å². The molecule has 1 amide bonds.